The van der Waals surface area contributed by atoms with E-state index in [-0.39, 0.29) is 0 Å². The monoisotopic (exact) mass is 300 g/mol. The number of thiazole rings is 1. The Balaban J connectivity index is 1.95. The van der Waals surface area contributed by atoms with Gasteiger partial charge in [-0.15, -0.1) is 11.8 Å². The third kappa shape index (κ3) is 4.32. The van der Waals surface area contributed by atoms with E-state index in [1.54, 1.807) is 18.0 Å². The van der Waals surface area contributed by atoms with Gasteiger partial charge in [0.25, 0.3) is 0 Å². The van der Waals surface area contributed by atoms with Crippen LogP contribution in [0, 0.1) is 0 Å². The molecule has 18 heavy (non-hydrogen) atoms. The van der Waals surface area contributed by atoms with E-state index in [0.29, 0.717) is 5.13 Å². The molecule has 96 valence electrons. The first-order valence-corrected chi connectivity index (χ1v) is 8.82. The first-order chi connectivity index (χ1) is 8.53. The molecule has 1 heterocycles. The molecule has 0 aliphatic carbocycles. The van der Waals surface area contributed by atoms with E-state index in [9.17, 15) is 8.42 Å². The molecule has 0 fully saturated rings. The van der Waals surface area contributed by atoms with E-state index in [0.717, 1.165) is 16.2 Å². The lowest BCUT2D eigenvalue weighted by Crippen LogP contribution is -2.08. The maximum absolute atomic E-state index is 11.0. The number of nitrogens with one attached hydrogen (secondary N) is 1. The van der Waals surface area contributed by atoms with Crippen LogP contribution in [0.1, 0.15) is 5.56 Å². The van der Waals surface area contributed by atoms with Gasteiger partial charge in [0, 0.05) is 5.75 Å². The van der Waals surface area contributed by atoms with Crippen molar-refractivity contribution in [2.45, 2.75) is 9.96 Å². The summed E-state index contributed by atoms with van der Waals surface area (Å²) in [7, 11) is -3.24. The van der Waals surface area contributed by atoms with Gasteiger partial charge in [0.2, 0.25) is 10.0 Å². The fourth-order valence-corrected chi connectivity index (χ4v) is 3.93. The summed E-state index contributed by atoms with van der Waals surface area (Å²) in [5.74, 6) is 0.849. The van der Waals surface area contributed by atoms with Gasteiger partial charge < -0.3 is 0 Å². The standard InChI is InChI=1S/C11H12N2O2S3/c1-18(14,15)13-11-12-7-10(17-11)16-8-9-5-3-2-4-6-9/h2-7H,8H2,1H3,(H,12,13). The third-order valence-electron chi connectivity index (χ3n) is 1.98. The second-order valence-corrected chi connectivity index (χ2v) is 7.69. The van der Waals surface area contributed by atoms with Crippen LogP contribution in [0.3, 0.4) is 0 Å². The molecule has 0 unspecified atom stereocenters. The predicted octanol–water partition coefficient (Wildman–Crippen LogP) is 2.81. The topological polar surface area (TPSA) is 59.1 Å². The molecular weight excluding hydrogens is 288 g/mol. The fraction of sp³-hybridized carbons (Fsp3) is 0.182. The molecule has 0 saturated heterocycles. The Morgan fingerprint density at radius 2 is 2.06 bits per heavy atom. The predicted molar refractivity (Wildman–Crippen MR) is 76.6 cm³/mol. The van der Waals surface area contributed by atoms with Crippen molar-refractivity contribution >= 4 is 38.3 Å². The Hall–Kier alpha value is -1.05. The molecule has 0 bridgehead atoms. The number of benzene rings is 1. The van der Waals surface area contributed by atoms with Crippen LogP contribution in [-0.4, -0.2) is 19.7 Å². The van der Waals surface area contributed by atoms with E-state index < -0.39 is 10.0 Å². The summed E-state index contributed by atoms with van der Waals surface area (Å²) in [5, 5.41) is 0.410. The molecule has 4 nitrogen and oxygen atoms in total. The Morgan fingerprint density at radius 3 is 2.72 bits per heavy atom. The average Bonchev–Trinajstić information content (AvgIpc) is 2.73. The molecule has 0 amide bonds. The highest BCUT2D eigenvalue weighted by Crippen LogP contribution is 2.30. The van der Waals surface area contributed by atoms with E-state index in [4.69, 9.17) is 0 Å². The lowest BCUT2D eigenvalue weighted by Gasteiger charge is -1.98. The van der Waals surface area contributed by atoms with Crippen LogP contribution < -0.4 is 4.72 Å². The van der Waals surface area contributed by atoms with Crippen LogP contribution >= 0.6 is 23.1 Å². The minimum Gasteiger partial charge on any atom is -0.259 e. The number of anilines is 1. The van der Waals surface area contributed by atoms with Crippen LogP contribution in [0.15, 0.2) is 40.7 Å². The normalized spacial score (nSPS) is 11.4. The molecular formula is C11H12N2O2S3. The zero-order valence-electron chi connectivity index (χ0n) is 9.66. The summed E-state index contributed by atoms with van der Waals surface area (Å²) in [6.07, 6.45) is 2.80. The van der Waals surface area contributed by atoms with Crippen molar-refractivity contribution in [3.05, 3.63) is 42.1 Å². The number of aromatic nitrogens is 1. The molecule has 1 aromatic heterocycles. The van der Waals surface area contributed by atoms with Gasteiger partial charge in [-0.1, -0.05) is 41.7 Å². The van der Waals surface area contributed by atoms with Gasteiger partial charge in [-0.2, -0.15) is 0 Å². The average molecular weight is 300 g/mol. The molecule has 2 rings (SSSR count). The van der Waals surface area contributed by atoms with Crippen molar-refractivity contribution < 1.29 is 8.42 Å². The summed E-state index contributed by atoms with van der Waals surface area (Å²) in [4.78, 5) is 4.02. The van der Waals surface area contributed by atoms with E-state index >= 15 is 0 Å². The zero-order chi connectivity index (χ0) is 13.0. The van der Waals surface area contributed by atoms with Crippen molar-refractivity contribution in [3.63, 3.8) is 0 Å². The molecule has 1 N–H and O–H groups in total. The molecule has 0 spiro atoms. The number of rotatable bonds is 5. The SMILES string of the molecule is CS(=O)(=O)Nc1ncc(SCc2ccccc2)s1. The Morgan fingerprint density at radius 1 is 1.33 bits per heavy atom. The van der Waals surface area contributed by atoms with Gasteiger partial charge in [-0.25, -0.2) is 13.4 Å². The van der Waals surface area contributed by atoms with Gasteiger partial charge >= 0.3 is 0 Å². The third-order valence-corrected chi connectivity index (χ3v) is 4.85. The molecule has 0 saturated carbocycles. The number of hydrogen-bond donors (Lipinski definition) is 1. The first kappa shape index (κ1) is 13.4. The van der Waals surface area contributed by atoms with Crippen molar-refractivity contribution in [2.24, 2.45) is 0 Å². The lowest BCUT2D eigenvalue weighted by atomic mass is 10.2. The van der Waals surface area contributed by atoms with Crippen molar-refractivity contribution in [2.75, 3.05) is 11.0 Å². The second kappa shape index (κ2) is 5.73. The fourth-order valence-electron chi connectivity index (χ4n) is 1.26. The maximum atomic E-state index is 11.0. The molecule has 0 aliphatic heterocycles. The second-order valence-electron chi connectivity index (χ2n) is 3.63. The highest BCUT2D eigenvalue weighted by atomic mass is 32.2. The van der Waals surface area contributed by atoms with E-state index in [2.05, 4.69) is 21.8 Å². The van der Waals surface area contributed by atoms with Gasteiger partial charge in [0.05, 0.1) is 16.7 Å². The quantitative estimate of drug-likeness (QED) is 0.863. The van der Waals surface area contributed by atoms with Crippen LogP contribution in [-0.2, 0) is 15.8 Å². The van der Waals surface area contributed by atoms with Crippen molar-refractivity contribution in [3.8, 4) is 0 Å². The number of nitrogens with zero attached hydrogens (tertiary/aromatic N) is 1. The van der Waals surface area contributed by atoms with E-state index in [1.807, 2.05) is 18.2 Å². The van der Waals surface area contributed by atoms with Gasteiger partial charge in [-0.3, -0.25) is 4.72 Å². The van der Waals surface area contributed by atoms with Gasteiger partial charge in [0.15, 0.2) is 5.13 Å². The van der Waals surface area contributed by atoms with Crippen LogP contribution in [0.2, 0.25) is 0 Å². The first-order valence-electron chi connectivity index (χ1n) is 5.13. The molecule has 1 aromatic carbocycles. The summed E-state index contributed by atoms with van der Waals surface area (Å²) in [6, 6.07) is 10.1. The minimum absolute atomic E-state index is 0.410. The van der Waals surface area contributed by atoms with E-state index in [1.165, 1.54) is 16.9 Å². The summed E-state index contributed by atoms with van der Waals surface area (Å²) >= 11 is 2.98. The van der Waals surface area contributed by atoms with Gasteiger partial charge in [-0.05, 0) is 5.56 Å². The molecule has 0 radical (unpaired) electrons. The Kier molecular flexibility index (Phi) is 4.26. The van der Waals surface area contributed by atoms with Crippen LogP contribution in [0.25, 0.3) is 0 Å². The Labute approximate surface area is 115 Å². The lowest BCUT2D eigenvalue weighted by molar-refractivity contribution is 0.607. The summed E-state index contributed by atoms with van der Waals surface area (Å²) in [5.41, 5.74) is 1.23. The van der Waals surface area contributed by atoms with Crippen molar-refractivity contribution in [1.82, 2.24) is 4.98 Å². The molecule has 0 atom stereocenters. The number of thioether (sulfide) groups is 1. The number of sulfonamides is 1. The largest absolute Gasteiger partial charge is 0.259 e. The maximum Gasteiger partial charge on any atom is 0.231 e. The summed E-state index contributed by atoms with van der Waals surface area (Å²) < 4.78 is 25.4. The Bertz CT molecular complexity index is 608. The highest BCUT2D eigenvalue weighted by Gasteiger charge is 2.07. The molecule has 2 aromatic rings. The highest BCUT2D eigenvalue weighted by molar-refractivity contribution is 8.00. The minimum atomic E-state index is -3.24. The van der Waals surface area contributed by atoms with Crippen LogP contribution in [0.5, 0.6) is 0 Å². The molecule has 0 aliphatic rings. The molecule has 7 heteroatoms. The van der Waals surface area contributed by atoms with Crippen molar-refractivity contribution in [1.29, 1.82) is 0 Å². The van der Waals surface area contributed by atoms with Gasteiger partial charge in [0.1, 0.15) is 0 Å². The summed E-state index contributed by atoms with van der Waals surface area (Å²) in [6.45, 7) is 0. The number of hydrogen-bond acceptors (Lipinski definition) is 5. The van der Waals surface area contributed by atoms with Crippen LogP contribution in [0.4, 0.5) is 5.13 Å². The smallest absolute Gasteiger partial charge is 0.231 e. The zero-order valence-corrected chi connectivity index (χ0v) is 12.1.